The first-order valence-electron chi connectivity index (χ1n) is 11.3. The summed E-state index contributed by atoms with van der Waals surface area (Å²) >= 11 is 1.20. The van der Waals surface area contributed by atoms with Gasteiger partial charge in [0.15, 0.2) is 5.13 Å². The molecule has 0 bridgehead atoms. The van der Waals surface area contributed by atoms with Gasteiger partial charge in [0.05, 0.1) is 10.2 Å². The van der Waals surface area contributed by atoms with Crippen molar-refractivity contribution in [2.45, 2.75) is 33.3 Å². The van der Waals surface area contributed by atoms with E-state index in [0.29, 0.717) is 65.1 Å². The monoisotopic (exact) mass is 501 g/mol. The van der Waals surface area contributed by atoms with E-state index >= 15 is 0 Å². The van der Waals surface area contributed by atoms with E-state index < -0.39 is 11.4 Å². The second-order valence-electron chi connectivity index (χ2n) is 9.03. The van der Waals surface area contributed by atoms with Gasteiger partial charge in [-0.1, -0.05) is 11.3 Å². The van der Waals surface area contributed by atoms with Crippen LogP contribution in [0.5, 0.6) is 0 Å². The number of hydrogen-bond acceptors (Lipinski definition) is 8. The van der Waals surface area contributed by atoms with E-state index in [1.807, 2.05) is 32.6 Å². The summed E-state index contributed by atoms with van der Waals surface area (Å²) in [5.41, 5.74) is 0.882. The number of rotatable bonds is 4. The summed E-state index contributed by atoms with van der Waals surface area (Å²) in [6, 6.07) is 2.67. The number of ether oxygens (including phenoxy) is 1. The molecule has 0 aliphatic carbocycles. The van der Waals surface area contributed by atoms with Crippen molar-refractivity contribution in [2.75, 3.05) is 42.9 Å². The number of amides is 3. The van der Waals surface area contributed by atoms with Gasteiger partial charge in [-0.15, -0.1) is 0 Å². The minimum absolute atomic E-state index is 0.327. The van der Waals surface area contributed by atoms with Crippen LogP contribution in [-0.4, -0.2) is 70.3 Å². The predicted molar refractivity (Wildman–Crippen MR) is 133 cm³/mol. The number of thiazole rings is 1. The maximum atomic E-state index is 14.9. The second-order valence-corrected chi connectivity index (χ2v) is 10.1. The SMILES string of the molecule is CCNC(=O)Nc1nc2cc(-c3cnc(N4CCN(C(=O)OC(C)(C)C)CC4)nc3)c(F)cc2s1. The van der Waals surface area contributed by atoms with Crippen LogP contribution in [0, 0.1) is 5.82 Å². The van der Waals surface area contributed by atoms with Gasteiger partial charge in [0.2, 0.25) is 5.95 Å². The number of piperazine rings is 1. The Kier molecular flexibility index (Phi) is 7.01. The van der Waals surface area contributed by atoms with Gasteiger partial charge in [-0.3, -0.25) is 5.32 Å². The third kappa shape index (κ3) is 5.94. The third-order valence-corrected chi connectivity index (χ3v) is 6.13. The fourth-order valence-corrected chi connectivity index (χ4v) is 4.43. The maximum absolute atomic E-state index is 14.9. The Morgan fingerprint density at radius 3 is 2.46 bits per heavy atom. The van der Waals surface area contributed by atoms with Crippen molar-refractivity contribution in [1.82, 2.24) is 25.2 Å². The molecular formula is C23H28FN7O3S. The van der Waals surface area contributed by atoms with Crippen molar-refractivity contribution in [2.24, 2.45) is 0 Å². The Morgan fingerprint density at radius 1 is 1.14 bits per heavy atom. The molecule has 0 saturated carbocycles. The topological polar surface area (TPSA) is 113 Å². The van der Waals surface area contributed by atoms with Crippen molar-refractivity contribution in [3.8, 4) is 11.1 Å². The van der Waals surface area contributed by atoms with Crippen LogP contribution in [0.1, 0.15) is 27.7 Å². The molecule has 0 radical (unpaired) electrons. The van der Waals surface area contributed by atoms with Gasteiger partial charge in [-0.25, -0.2) is 28.9 Å². The third-order valence-electron chi connectivity index (χ3n) is 5.20. The Hall–Kier alpha value is -3.54. The normalized spacial score (nSPS) is 14.2. The highest BCUT2D eigenvalue weighted by Crippen LogP contribution is 2.32. The van der Waals surface area contributed by atoms with Gasteiger partial charge in [-0.2, -0.15) is 0 Å². The number of nitrogens with zero attached hydrogens (tertiary/aromatic N) is 5. The number of aromatic nitrogens is 3. The molecule has 1 fully saturated rings. The molecule has 3 heterocycles. The summed E-state index contributed by atoms with van der Waals surface area (Å²) in [6.07, 6.45) is 2.82. The number of halogens is 1. The minimum atomic E-state index is -0.536. The summed E-state index contributed by atoms with van der Waals surface area (Å²) in [7, 11) is 0. The highest BCUT2D eigenvalue weighted by Gasteiger charge is 2.26. The molecule has 2 N–H and O–H groups in total. The van der Waals surface area contributed by atoms with Gasteiger partial charge in [0.25, 0.3) is 0 Å². The zero-order valence-corrected chi connectivity index (χ0v) is 20.9. The van der Waals surface area contributed by atoms with E-state index in [9.17, 15) is 14.0 Å². The molecule has 3 amide bonds. The zero-order valence-electron chi connectivity index (χ0n) is 20.1. The molecule has 2 aromatic heterocycles. The highest BCUT2D eigenvalue weighted by molar-refractivity contribution is 7.22. The first-order chi connectivity index (χ1) is 16.6. The minimum Gasteiger partial charge on any atom is -0.444 e. The van der Waals surface area contributed by atoms with Crippen LogP contribution in [0.15, 0.2) is 24.5 Å². The van der Waals surface area contributed by atoms with Crippen LogP contribution < -0.4 is 15.5 Å². The summed E-state index contributed by atoms with van der Waals surface area (Å²) in [4.78, 5) is 40.9. The van der Waals surface area contributed by atoms with Gasteiger partial charge < -0.3 is 19.9 Å². The van der Waals surface area contributed by atoms with Gasteiger partial charge in [-0.05, 0) is 39.8 Å². The molecule has 12 heteroatoms. The van der Waals surface area contributed by atoms with Crippen molar-refractivity contribution >= 4 is 44.8 Å². The van der Waals surface area contributed by atoms with Gasteiger partial charge in [0.1, 0.15) is 11.4 Å². The quantitative estimate of drug-likeness (QED) is 0.554. The highest BCUT2D eigenvalue weighted by atomic mass is 32.1. The molecule has 1 saturated heterocycles. The van der Waals surface area contributed by atoms with Crippen molar-refractivity contribution in [3.05, 3.63) is 30.3 Å². The summed E-state index contributed by atoms with van der Waals surface area (Å²) < 4.78 is 20.9. The molecule has 0 spiro atoms. The van der Waals surface area contributed by atoms with Crippen molar-refractivity contribution in [3.63, 3.8) is 0 Å². The number of carbonyl (C=O) groups is 2. The van der Waals surface area contributed by atoms with Crippen LogP contribution in [-0.2, 0) is 4.74 Å². The smallest absolute Gasteiger partial charge is 0.410 e. The lowest BCUT2D eigenvalue weighted by Crippen LogP contribution is -2.50. The lowest BCUT2D eigenvalue weighted by Gasteiger charge is -2.35. The Bertz CT molecular complexity index is 1220. The number of fused-ring (bicyclic) bond motifs is 1. The summed E-state index contributed by atoms with van der Waals surface area (Å²) in [6.45, 7) is 9.97. The predicted octanol–water partition coefficient (Wildman–Crippen LogP) is 4.09. The van der Waals surface area contributed by atoms with E-state index in [-0.39, 0.29) is 12.1 Å². The van der Waals surface area contributed by atoms with E-state index in [1.54, 1.807) is 23.4 Å². The lowest BCUT2D eigenvalue weighted by molar-refractivity contribution is 0.0240. The van der Waals surface area contributed by atoms with Crippen LogP contribution in [0.2, 0.25) is 0 Å². The van der Waals surface area contributed by atoms with Crippen molar-refractivity contribution < 1.29 is 18.7 Å². The Morgan fingerprint density at radius 2 is 1.83 bits per heavy atom. The standard InChI is InChI=1S/C23H28FN7O3S/c1-5-25-20(32)29-21-28-17-10-15(16(24)11-18(17)35-21)14-12-26-19(27-13-14)30-6-8-31(9-7-30)22(33)34-23(2,3)4/h10-13H,5-9H2,1-4H3,(H2,25,28,29,32). The van der Waals surface area contributed by atoms with Crippen molar-refractivity contribution in [1.29, 1.82) is 0 Å². The van der Waals surface area contributed by atoms with Crippen LogP contribution in [0.3, 0.4) is 0 Å². The first-order valence-corrected chi connectivity index (χ1v) is 12.1. The van der Waals surface area contributed by atoms with E-state index in [4.69, 9.17) is 4.74 Å². The molecule has 186 valence electrons. The fraction of sp³-hybridized carbons (Fsp3) is 0.435. The van der Waals surface area contributed by atoms with Crippen LogP contribution in [0.4, 0.5) is 25.1 Å². The molecule has 35 heavy (non-hydrogen) atoms. The molecule has 3 aromatic rings. The Balaban J connectivity index is 1.44. The van der Waals surface area contributed by atoms with E-state index in [1.165, 1.54) is 17.4 Å². The molecule has 1 aliphatic rings. The number of carbonyl (C=O) groups excluding carboxylic acids is 2. The molecule has 10 nitrogen and oxygen atoms in total. The molecule has 1 aliphatic heterocycles. The zero-order chi connectivity index (χ0) is 25.2. The lowest BCUT2D eigenvalue weighted by atomic mass is 10.1. The number of anilines is 2. The van der Waals surface area contributed by atoms with Gasteiger partial charge in [0, 0.05) is 56.2 Å². The number of urea groups is 1. The maximum Gasteiger partial charge on any atom is 0.410 e. The van der Waals surface area contributed by atoms with E-state index in [0.717, 1.165) is 0 Å². The molecule has 0 atom stereocenters. The summed E-state index contributed by atoms with van der Waals surface area (Å²) in [5.74, 6) is 0.0918. The largest absolute Gasteiger partial charge is 0.444 e. The second kappa shape index (κ2) is 9.98. The fourth-order valence-electron chi connectivity index (χ4n) is 3.56. The molecule has 1 aromatic carbocycles. The first kappa shape index (κ1) is 24.6. The number of hydrogen-bond donors (Lipinski definition) is 2. The summed E-state index contributed by atoms with van der Waals surface area (Å²) in [5, 5.41) is 5.67. The van der Waals surface area contributed by atoms with Crippen LogP contribution >= 0.6 is 11.3 Å². The average Bonchev–Trinajstić information content (AvgIpc) is 3.18. The molecular weight excluding hydrogens is 473 g/mol. The average molecular weight is 502 g/mol. The molecule has 4 rings (SSSR count). The van der Waals surface area contributed by atoms with Crippen LogP contribution in [0.25, 0.3) is 21.3 Å². The Labute approximate surface area is 206 Å². The molecule has 0 unspecified atom stereocenters. The number of benzene rings is 1. The number of nitrogens with one attached hydrogen (secondary N) is 2. The van der Waals surface area contributed by atoms with Gasteiger partial charge >= 0.3 is 12.1 Å². The van der Waals surface area contributed by atoms with E-state index in [2.05, 4.69) is 25.6 Å².